The average Bonchev–Trinajstić information content (AvgIpc) is 2.73. The Labute approximate surface area is 145 Å². The molecule has 0 aliphatic carbocycles. The van der Waals surface area contributed by atoms with Crippen LogP contribution in [0.1, 0.15) is 66.2 Å². The van der Waals surface area contributed by atoms with Crippen LogP contribution in [-0.4, -0.2) is 47.9 Å². The highest BCUT2D eigenvalue weighted by atomic mass is 16.6. The minimum Gasteiger partial charge on any atom is -0.450 e. The molecule has 2 amide bonds. The normalized spacial score (nSPS) is 26.2. The summed E-state index contributed by atoms with van der Waals surface area (Å²) in [6.07, 6.45) is 5.84. The lowest BCUT2D eigenvalue weighted by Gasteiger charge is -2.38. The summed E-state index contributed by atoms with van der Waals surface area (Å²) in [6.45, 7) is 8.51. The Kier molecular flexibility index (Phi) is 6.35. The number of hydrogen-bond donors (Lipinski definition) is 1. The van der Waals surface area contributed by atoms with E-state index in [-0.39, 0.29) is 12.2 Å². The smallest absolute Gasteiger partial charge is 0.410 e. The predicted molar refractivity (Wildman–Crippen MR) is 91.9 cm³/mol. The molecule has 2 unspecified atom stereocenters. The molecule has 2 aliphatic rings. The molecule has 0 aromatic rings. The molecule has 2 saturated heterocycles. The Morgan fingerprint density at radius 1 is 1.17 bits per heavy atom. The van der Waals surface area contributed by atoms with Gasteiger partial charge in [-0.1, -0.05) is 0 Å². The van der Waals surface area contributed by atoms with Crippen LogP contribution in [0.15, 0.2) is 0 Å². The molecule has 2 heterocycles. The van der Waals surface area contributed by atoms with Crippen LogP contribution in [0, 0.1) is 5.92 Å². The highest BCUT2D eigenvalue weighted by Crippen LogP contribution is 2.40. The summed E-state index contributed by atoms with van der Waals surface area (Å²) in [4.78, 5) is 25.6. The fourth-order valence-electron chi connectivity index (χ4n) is 3.92. The van der Waals surface area contributed by atoms with Crippen molar-refractivity contribution in [2.75, 3.05) is 13.2 Å². The van der Waals surface area contributed by atoms with E-state index in [1.165, 1.54) is 0 Å². The number of ether oxygens (including phenoxy) is 2. The molecule has 2 bridgehead atoms. The summed E-state index contributed by atoms with van der Waals surface area (Å²) in [5, 5.41) is 2.81. The molecule has 2 atom stereocenters. The summed E-state index contributed by atoms with van der Waals surface area (Å²) in [6, 6.07) is 0.679. The van der Waals surface area contributed by atoms with Crippen molar-refractivity contribution in [3.8, 4) is 0 Å². The fraction of sp³-hybridized carbons (Fsp3) is 0.889. The lowest BCUT2D eigenvalue weighted by Crippen LogP contribution is -2.46. The number of hydrogen-bond acceptors (Lipinski definition) is 4. The van der Waals surface area contributed by atoms with Gasteiger partial charge >= 0.3 is 12.2 Å². The van der Waals surface area contributed by atoms with Gasteiger partial charge in [0, 0.05) is 18.6 Å². The van der Waals surface area contributed by atoms with Crippen LogP contribution in [0.5, 0.6) is 0 Å². The van der Waals surface area contributed by atoms with Gasteiger partial charge in [-0.2, -0.15) is 0 Å². The molecular formula is C18H32N2O4. The van der Waals surface area contributed by atoms with Crippen molar-refractivity contribution in [3.05, 3.63) is 0 Å². The molecule has 6 nitrogen and oxygen atoms in total. The van der Waals surface area contributed by atoms with E-state index in [9.17, 15) is 9.59 Å². The molecule has 0 saturated carbocycles. The van der Waals surface area contributed by atoms with E-state index in [1.54, 1.807) is 0 Å². The van der Waals surface area contributed by atoms with E-state index in [4.69, 9.17) is 9.47 Å². The lowest BCUT2D eigenvalue weighted by atomic mass is 9.87. The van der Waals surface area contributed by atoms with E-state index >= 15 is 0 Å². The number of amides is 2. The van der Waals surface area contributed by atoms with Crippen LogP contribution in [0.25, 0.3) is 0 Å². The lowest BCUT2D eigenvalue weighted by molar-refractivity contribution is 0.0512. The van der Waals surface area contributed by atoms with Crippen LogP contribution in [0.2, 0.25) is 0 Å². The van der Waals surface area contributed by atoms with Crippen molar-refractivity contribution < 1.29 is 19.1 Å². The number of rotatable bonds is 5. The van der Waals surface area contributed by atoms with Crippen LogP contribution >= 0.6 is 0 Å². The molecule has 2 fully saturated rings. The summed E-state index contributed by atoms with van der Waals surface area (Å²) >= 11 is 0. The molecule has 2 aliphatic heterocycles. The third-order valence-electron chi connectivity index (χ3n) is 4.77. The second-order valence-corrected chi connectivity index (χ2v) is 7.90. The van der Waals surface area contributed by atoms with Crippen molar-refractivity contribution in [1.29, 1.82) is 0 Å². The second kappa shape index (κ2) is 8.08. The van der Waals surface area contributed by atoms with Gasteiger partial charge in [0.1, 0.15) is 5.60 Å². The van der Waals surface area contributed by atoms with E-state index in [0.29, 0.717) is 31.2 Å². The van der Waals surface area contributed by atoms with Gasteiger partial charge < -0.3 is 19.7 Å². The Balaban J connectivity index is 1.68. The summed E-state index contributed by atoms with van der Waals surface area (Å²) < 4.78 is 10.4. The molecule has 0 aromatic carbocycles. The largest absolute Gasteiger partial charge is 0.450 e. The van der Waals surface area contributed by atoms with Crippen LogP contribution in [0.4, 0.5) is 9.59 Å². The zero-order valence-corrected chi connectivity index (χ0v) is 15.5. The summed E-state index contributed by atoms with van der Waals surface area (Å²) in [7, 11) is 0. The predicted octanol–water partition coefficient (Wildman–Crippen LogP) is 3.69. The third-order valence-corrected chi connectivity index (χ3v) is 4.77. The van der Waals surface area contributed by atoms with Crippen molar-refractivity contribution in [1.82, 2.24) is 10.2 Å². The van der Waals surface area contributed by atoms with E-state index < -0.39 is 5.60 Å². The van der Waals surface area contributed by atoms with Gasteiger partial charge in [-0.15, -0.1) is 0 Å². The minimum atomic E-state index is -0.455. The van der Waals surface area contributed by atoms with Gasteiger partial charge in [0.15, 0.2) is 0 Å². The van der Waals surface area contributed by atoms with Gasteiger partial charge in [0.05, 0.1) is 6.61 Å². The van der Waals surface area contributed by atoms with Crippen molar-refractivity contribution >= 4 is 12.2 Å². The Bertz CT molecular complexity index is 433. The number of nitrogens with zero attached hydrogens (tertiary/aromatic N) is 1. The fourth-order valence-corrected chi connectivity index (χ4v) is 3.92. The zero-order valence-electron chi connectivity index (χ0n) is 15.5. The van der Waals surface area contributed by atoms with Crippen molar-refractivity contribution in [3.63, 3.8) is 0 Å². The Morgan fingerprint density at radius 2 is 1.79 bits per heavy atom. The van der Waals surface area contributed by atoms with E-state index in [0.717, 1.165) is 38.5 Å². The van der Waals surface area contributed by atoms with E-state index in [2.05, 4.69) is 5.32 Å². The molecule has 0 spiro atoms. The third kappa shape index (κ3) is 5.28. The number of fused-ring (bicyclic) bond motifs is 2. The quantitative estimate of drug-likeness (QED) is 0.775. The van der Waals surface area contributed by atoms with Crippen molar-refractivity contribution in [2.24, 2.45) is 5.92 Å². The topological polar surface area (TPSA) is 67.9 Å². The summed E-state index contributed by atoms with van der Waals surface area (Å²) in [5.74, 6) is 0.633. The molecular weight excluding hydrogens is 308 g/mol. The molecule has 0 radical (unpaired) electrons. The highest BCUT2D eigenvalue weighted by Gasteiger charge is 2.43. The molecule has 6 heteroatoms. The first-order valence-electron chi connectivity index (χ1n) is 9.22. The molecule has 2 rings (SSSR count). The van der Waals surface area contributed by atoms with Crippen molar-refractivity contribution in [2.45, 2.75) is 83.9 Å². The van der Waals surface area contributed by atoms with Gasteiger partial charge in [0.2, 0.25) is 0 Å². The first-order valence-corrected chi connectivity index (χ1v) is 9.22. The Hall–Kier alpha value is -1.46. The Morgan fingerprint density at radius 3 is 2.33 bits per heavy atom. The van der Waals surface area contributed by atoms with Crippen LogP contribution in [-0.2, 0) is 9.47 Å². The molecule has 1 N–H and O–H groups in total. The highest BCUT2D eigenvalue weighted by molar-refractivity contribution is 5.69. The zero-order chi connectivity index (χ0) is 17.7. The maximum Gasteiger partial charge on any atom is 0.410 e. The molecule has 0 aromatic heterocycles. The SMILES string of the molecule is CCOC(=O)N1C2CCC1CC(CCCNC(=O)OC(C)(C)C)C2. The molecule has 24 heavy (non-hydrogen) atoms. The first kappa shape index (κ1) is 18.9. The van der Waals surface area contributed by atoms with Gasteiger partial charge in [-0.05, 0) is 72.1 Å². The van der Waals surface area contributed by atoms with Gasteiger partial charge in [0.25, 0.3) is 0 Å². The monoisotopic (exact) mass is 340 g/mol. The first-order chi connectivity index (χ1) is 11.3. The summed E-state index contributed by atoms with van der Waals surface area (Å²) in [5.41, 5.74) is -0.455. The molecule has 138 valence electrons. The van der Waals surface area contributed by atoms with Crippen LogP contribution in [0.3, 0.4) is 0 Å². The number of carbonyl (C=O) groups excluding carboxylic acids is 2. The second-order valence-electron chi connectivity index (χ2n) is 7.90. The number of piperidine rings is 1. The van der Waals surface area contributed by atoms with E-state index in [1.807, 2.05) is 32.6 Å². The standard InChI is InChI=1S/C18H32N2O4/c1-5-23-17(22)20-14-8-9-15(20)12-13(11-14)7-6-10-19-16(21)24-18(2,3)4/h13-15H,5-12H2,1-4H3,(H,19,21). The number of alkyl carbamates (subject to hydrolysis) is 1. The minimum absolute atomic E-state index is 0.143. The maximum absolute atomic E-state index is 12.1. The maximum atomic E-state index is 12.1. The van der Waals surface area contributed by atoms with Gasteiger partial charge in [-0.3, -0.25) is 0 Å². The number of carbonyl (C=O) groups is 2. The average molecular weight is 340 g/mol. The van der Waals surface area contributed by atoms with Gasteiger partial charge in [-0.25, -0.2) is 9.59 Å². The van der Waals surface area contributed by atoms with Crippen LogP contribution < -0.4 is 5.32 Å². The number of nitrogens with one attached hydrogen (secondary N) is 1.